The van der Waals surface area contributed by atoms with Crippen LogP contribution in [0.2, 0.25) is 0 Å². The second kappa shape index (κ2) is 7.57. The zero-order chi connectivity index (χ0) is 15.4. The van der Waals surface area contributed by atoms with Crippen LogP contribution in [0.25, 0.3) is 0 Å². The maximum absolute atomic E-state index is 12.2. The number of aryl methyl sites for hydroxylation is 1. The van der Waals surface area contributed by atoms with Crippen LogP contribution in [0.1, 0.15) is 31.2 Å². The lowest BCUT2D eigenvalue weighted by Gasteiger charge is -2.39. The lowest BCUT2D eigenvalue weighted by Crippen LogP contribution is -2.49. The molecule has 4 nitrogen and oxygen atoms in total. The average molecular weight is 368 g/mol. The van der Waals surface area contributed by atoms with Crippen LogP contribution in [0.5, 0.6) is 0 Å². The van der Waals surface area contributed by atoms with Crippen LogP contribution in [0.3, 0.4) is 0 Å². The monoisotopic (exact) mass is 367 g/mol. The van der Waals surface area contributed by atoms with E-state index in [9.17, 15) is 4.79 Å². The lowest BCUT2D eigenvalue weighted by atomic mass is 9.89. The van der Waals surface area contributed by atoms with Gasteiger partial charge in [0.1, 0.15) is 0 Å². The highest BCUT2D eigenvalue weighted by Crippen LogP contribution is 2.27. The number of amides is 1. The molecule has 0 spiro atoms. The zero-order valence-corrected chi connectivity index (χ0v) is 14.2. The fourth-order valence-electron chi connectivity index (χ4n) is 3.25. The molecule has 1 N–H and O–H groups in total. The second-order valence-electron chi connectivity index (χ2n) is 5.99. The van der Waals surface area contributed by atoms with Gasteiger partial charge in [-0.1, -0.05) is 34.1 Å². The maximum Gasteiger partial charge on any atom is 0.220 e. The zero-order valence-electron chi connectivity index (χ0n) is 12.6. The molecular formula is C17H22BrNO3. The number of hydrogen-bond acceptors (Lipinski definition) is 3. The number of ether oxygens (including phenoxy) is 2. The Morgan fingerprint density at radius 2 is 1.95 bits per heavy atom. The molecule has 1 aromatic rings. The minimum absolute atomic E-state index is 0.121. The van der Waals surface area contributed by atoms with Crippen LogP contribution >= 0.6 is 15.9 Å². The van der Waals surface area contributed by atoms with Crippen molar-refractivity contribution >= 4 is 21.8 Å². The normalized spacial score (nSPS) is 28.0. The summed E-state index contributed by atoms with van der Waals surface area (Å²) in [7, 11) is 0. The Kier molecular flexibility index (Phi) is 5.50. The predicted octanol–water partition coefficient (Wildman–Crippen LogP) is 2.83. The first-order valence-electron chi connectivity index (χ1n) is 7.98. The summed E-state index contributed by atoms with van der Waals surface area (Å²) in [4.78, 5) is 12.2. The second-order valence-corrected chi connectivity index (χ2v) is 6.84. The maximum atomic E-state index is 12.2. The van der Waals surface area contributed by atoms with E-state index in [-0.39, 0.29) is 24.2 Å². The minimum atomic E-state index is 0.121. The standard InChI is InChI=1S/C17H22BrNO3/c18-14-4-2-1-3-12(14)5-8-17(20)19-13-6-7-15-16(11-13)22-10-9-21-15/h1-4,13,15-16H,5-11H2,(H,19,20)/t13-,15-,16+/m1/s1. The van der Waals surface area contributed by atoms with Gasteiger partial charge in [0.15, 0.2) is 0 Å². The van der Waals surface area contributed by atoms with Gasteiger partial charge in [0.25, 0.3) is 0 Å². The Labute approximate surface area is 139 Å². The Bertz CT molecular complexity index is 522. The Morgan fingerprint density at radius 3 is 2.77 bits per heavy atom. The molecule has 0 bridgehead atoms. The predicted molar refractivity (Wildman–Crippen MR) is 87.7 cm³/mol. The highest BCUT2D eigenvalue weighted by Gasteiger charge is 2.34. The van der Waals surface area contributed by atoms with E-state index in [0.717, 1.165) is 30.2 Å². The average Bonchev–Trinajstić information content (AvgIpc) is 2.54. The number of carbonyl (C=O) groups excluding carboxylic acids is 1. The number of halogens is 1. The van der Waals surface area contributed by atoms with E-state index in [1.165, 1.54) is 5.56 Å². The van der Waals surface area contributed by atoms with Gasteiger partial charge in [-0.15, -0.1) is 0 Å². The molecular weight excluding hydrogens is 346 g/mol. The number of rotatable bonds is 4. The van der Waals surface area contributed by atoms with E-state index in [1.54, 1.807) is 0 Å². The van der Waals surface area contributed by atoms with Crippen molar-refractivity contribution in [2.24, 2.45) is 0 Å². The number of fused-ring (bicyclic) bond motifs is 1. The molecule has 1 saturated heterocycles. The third-order valence-electron chi connectivity index (χ3n) is 4.42. The molecule has 0 unspecified atom stereocenters. The largest absolute Gasteiger partial charge is 0.373 e. The van der Waals surface area contributed by atoms with Crippen LogP contribution in [-0.2, 0) is 20.7 Å². The minimum Gasteiger partial charge on any atom is -0.373 e. The van der Waals surface area contributed by atoms with Gasteiger partial charge < -0.3 is 14.8 Å². The van der Waals surface area contributed by atoms with Gasteiger partial charge in [0, 0.05) is 16.9 Å². The van der Waals surface area contributed by atoms with Crippen LogP contribution < -0.4 is 5.32 Å². The van der Waals surface area contributed by atoms with Crippen molar-refractivity contribution in [2.45, 2.75) is 50.4 Å². The third kappa shape index (κ3) is 4.09. The van der Waals surface area contributed by atoms with E-state index in [4.69, 9.17) is 9.47 Å². The molecule has 1 amide bonds. The van der Waals surface area contributed by atoms with Crippen LogP contribution in [0, 0.1) is 0 Å². The van der Waals surface area contributed by atoms with Gasteiger partial charge in [-0.05, 0) is 37.3 Å². The summed E-state index contributed by atoms with van der Waals surface area (Å²) in [6.07, 6.45) is 4.46. The van der Waals surface area contributed by atoms with Gasteiger partial charge in [-0.3, -0.25) is 4.79 Å². The molecule has 2 fully saturated rings. The fourth-order valence-corrected chi connectivity index (χ4v) is 3.73. The molecule has 0 aromatic heterocycles. The van der Waals surface area contributed by atoms with E-state index < -0.39 is 0 Å². The van der Waals surface area contributed by atoms with Crippen molar-refractivity contribution in [1.29, 1.82) is 0 Å². The molecule has 0 radical (unpaired) electrons. The molecule has 5 heteroatoms. The van der Waals surface area contributed by atoms with Gasteiger partial charge in [-0.2, -0.15) is 0 Å². The van der Waals surface area contributed by atoms with Crippen molar-refractivity contribution < 1.29 is 14.3 Å². The number of benzene rings is 1. The SMILES string of the molecule is O=C(CCc1ccccc1Br)N[C@@H]1CC[C@H]2OCCO[C@H]2C1. The van der Waals surface area contributed by atoms with Crippen molar-refractivity contribution in [2.75, 3.05) is 13.2 Å². The molecule has 2 aliphatic rings. The molecule has 120 valence electrons. The molecule has 3 rings (SSSR count). The molecule has 22 heavy (non-hydrogen) atoms. The van der Waals surface area contributed by atoms with Gasteiger partial charge in [0.05, 0.1) is 25.4 Å². The Balaban J connectivity index is 1.45. The summed E-state index contributed by atoms with van der Waals surface area (Å²) in [5, 5.41) is 3.15. The number of carbonyl (C=O) groups is 1. The summed E-state index contributed by atoms with van der Waals surface area (Å²) in [5.74, 6) is 0.121. The van der Waals surface area contributed by atoms with Gasteiger partial charge >= 0.3 is 0 Å². The van der Waals surface area contributed by atoms with Crippen molar-refractivity contribution in [3.63, 3.8) is 0 Å². The van der Waals surface area contributed by atoms with Crippen molar-refractivity contribution in [1.82, 2.24) is 5.32 Å². The summed E-state index contributed by atoms with van der Waals surface area (Å²) >= 11 is 3.52. The number of nitrogens with one attached hydrogen (secondary N) is 1. The topological polar surface area (TPSA) is 47.6 Å². The molecule has 1 aliphatic carbocycles. The highest BCUT2D eigenvalue weighted by atomic mass is 79.9. The highest BCUT2D eigenvalue weighted by molar-refractivity contribution is 9.10. The van der Waals surface area contributed by atoms with E-state index in [1.807, 2.05) is 18.2 Å². The summed E-state index contributed by atoms with van der Waals surface area (Å²) < 4.78 is 12.5. The fraction of sp³-hybridized carbons (Fsp3) is 0.588. The summed E-state index contributed by atoms with van der Waals surface area (Å²) in [6, 6.07) is 8.26. The van der Waals surface area contributed by atoms with E-state index in [2.05, 4.69) is 27.3 Å². The van der Waals surface area contributed by atoms with E-state index in [0.29, 0.717) is 19.6 Å². The third-order valence-corrected chi connectivity index (χ3v) is 5.20. The first-order valence-corrected chi connectivity index (χ1v) is 8.77. The Hall–Kier alpha value is -0.910. The van der Waals surface area contributed by atoms with Crippen LogP contribution in [-0.4, -0.2) is 37.4 Å². The first-order chi connectivity index (χ1) is 10.7. The molecule has 1 heterocycles. The van der Waals surface area contributed by atoms with E-state index >= 15 is 0 Å². The quantitative estimate of drug-likeness (QED) is 0.889. The van der Waals surface area contributed by atoms with Crippen LogP contribution in [0.4, 0.5) is 0 Å². The first kappa shape index (κ1) is 16.0. The Morgan fingerprint density at radius 1 is 1.18 bits per heavy atom. The smallest absolute Gasteiger partial charge is 0.220 e. The van der Waals surface area contributed by atoms with Gasteiger partial charge in [-0.25, -0.2) is 0 Å². The molecule has 3 atom stereocenters. The molecule has 1 aliphatic heterocycles. The molecule has 1 saturated carbocycles. The number of hydrogen-bond donors (Lipinski definition) is 1. The summed E-state index contributed by atoms with van der Waals surface area (Å²) in [5.41, 5.74) is 1.17. The molecule has 1 aromatic carbocycles. The summed E-state index contributed by atoms with van der Waals surface area (Å²) in [6.45, 7) is 1.37. The van der Waals surface area contributed by atoms with Gasteiger partial charge in [0.2, 0.25) is 5.91 Å². The van der Waals surface area contributed by atoms with Crippen molar-refractivity contribution in [3.05, 3.63) is 34.3 Å². The van der Waals surface area contributed by atoms with Crippen LogP contribution in [0.15, 0.2) is 28.7 Å². The van der Waals surface area contributed by atoms with Crippen molar-refractivity contribution in [3.8, 4) is 0 Å². The lowest BCUT2D eigenvalue weighted by molar-refractivity contribution is -0.158.